The highest BCUT2D eigenvalue weighted by Gasteiger charge is 2.33. The highest BCUT2D eigenvalue weighted by Crippen LogP contribution is 2.16. The van der Waals surface area contributed by atoms with Crippen LogP contribution in [0.1, 0.15) is 26.7 Å². The summed E-state index contributed by atoms with van der Waals surface area (Å²) in [6.45, 7) is 2.10. The Morgan fingerprint density at radius 1 is 1.29 bits per heavy atom. The van der Waals surface area contributed by atoms with Crippen molar-refractivity contribution in [1.29, 1.82) is 0 Å². The minimum absolute atomic E-state index is 0.0599. The number of rotatable bonds is 5. The van der Waals surface area contributed by atoms with Gasteiger partial charge in [0.2, 0.25) is 0 Å². The number of hydrogen-bond acceptors (Lipinski definition) is 2. The molecule has 0 aromatic rings. The van der Waals surface area contributed by atoms with Gasteiger partial charge in [-0.3, -0.25) is 0 Å². The van der Waals surface area contributed by atoms with Crippen molar-refractivity contribution in [3.63, 3.8) is 0 Å². The minimum Gasteiger partial charge on any atom is -0.391 e. The smallest absolute Gasteiger partial charge is 0.391 e. The standard InChI is InChI=1S/C9H16F3N3OS/c1-3-8(4-2,6(13)17)15-7(16)14-5-9(10,11)12/h3-5H2,1-2H3,(H2,13,17)(H2,14,15,16). The molecule has 0 saturated heterocycles. The molecular formula is C9H16F3N3OS. The van der Waals surface area contributed by atoms with E-state index in [9.17, 15) is 18.0 Å². The number of halogens is 3. The van der Waals surface area contributed by atoms with E-state index in [1.807, 2.05) is 0 Å². The average Bonchev–Trinajstić information content (AvgIpc) is 2.22. The van der Waals surface area contributed by atoms with Crippen molar-refractivity contribution in [3.05, 3.63) is 0 Å². The van der Waals surface area contributed by atoms with Crippen LogP contribution in [0.4, 0.5) is 18.0 Å². The second-order valence-corrected chi connectivity index (χ2v) is 4.02. The summed E-state index contributed by atoms with van der Waals surface area (Å²) in [5.41, 5.74) is 4.55. The first-order valence-corrected chi connectivity index (χ1v) is 5.50. The molecule has 0 heterocycles. The molecule has 0 aromatic carbocycles. The third-order valence-electron chi connectivity index (χ3n) is 2.48. The summed E-state index contributed by atoms with van der Waals surface area (Å²) in [7, 11) is 0. The fraction of sp³-hybridized carbons (Fsp3) is 0.778. The van der Waals surface area contributed by atoms with Crippen molar-refractivity contribution in [2.75, 3.05) is 6.54 Å². The van der Waals surface area contributed by atoms with Crippen LogP contribution in [0, 0.1) is 0 Å². The van der Waals surface area contributed by atoms with E-state index in [4.69, 9.17) is 18.0 Å². The fourth-order valence-corrected chi connectivity index (χ4v) is 1.62. The molecule has 0 radical (unpaired) electrons. The molecule has 0 saturated carbocycles. The van der Waals surface area contributed by atoms with E-state index in [0.717, 1.165) is 0 Å². The zero-order chi connectivity index (χ0) is 13.7. The summed E-state index contributed by atoms with van der Waals surface area (Å²) in [5.74, 6) is 0. The number of amides is 2. The number of urea groups is 1. The Hall–Kier alpha value is -1.05. The molecule has 8 heteroatoms. The molecule has 0 aliphatic carbocycles. The predicted octanol–water partition coefficient (Wildman–Crippen LogP) is 1.69. The Labute approximate surface area is 103 Å². The van der Waals surface area contributed by atoms with E-state index >= 15 is 0 Å². The Morgan fingerprint density at radius 3 is 2.06 bits per heavy atom. The highest BCUT2D eigenvalue weighted by atomic mass is 32.1. The van der Waals surface area contributed by atoms with Crippen molar-refractivity contribution in [3.8, 4) is 0 Å². The first kappa shape index (κ1) is 16.0. The van der Waals surface area contributed by atoms with Crippen molar-refractivity contribution in [1.82, 2.24) is 10.6 Å². The number of nitrogens with one attached hydrogen (secondary N) is 2. The molecule has 0 aliphatic rings. The summed E-state index contributed by atoms with van der Waals surface area (Å²) >= 11 is 4.82. The zero-order valence-corrected chi connectivity index (χ0v) is 10.5. The van der Waals surface area contributed by atoms with E-state index in [1.54, 1.807) is 19.2 Å². The van der Waals surface area contributed by atoms with Gasteiger partial charge in [0.25, 0.3) is 0 Å². The molecule has 100 valence electrons. The van der Waals surface area contributed by atoms with Crippen molar-refractivity contribution in [2.45, 2.75) is 38.4 Å². The number of carbonyl (C=O) groups is 1. The minimum atomic E-state index is -4.44. The molecule has 17 heavy (non-hydrogen) atoms. The van der Waals surface area contributed by atoms with Gasteiger partial charge in [-0.25, -0.2) is 4.79 Å². The van der Waals surface area contributed by atoms with Crippen LogP contribution in [0.2, 0.25) is 0 Å². The van der Waals surface area contributed by atoms with Crippen LogP contribution in [-0.2, 0) is 0 Å². The van der Waals surface area contributed by atoms with Crippen LogP contribution in [0.5, 0.6) is 0 Å². The number of alkyl halides is 3. The summed E-state index contributed by atoms with van der Waals surface area (Å²) in [6.07, 6.45) is -3.61. The SMILES string of the molecule is CCC(CC)(NC(=O)NCC(F)(F)F)C(N)=S. The average molecular weight is 271 g/mol. The van der Waals surface area contributed by atoms with Gasteiger partial charge in [-0.15, -0.1) is 0 Å². The number of thiocarbonyl (C=S) groups is 1. The maximum Gasteiger partial charge on any atom is 0.405 e. The van der Waals surface area contributed by atoms with Crippen molar-refractivity contribution >= 4 is 23.2 Å². The molecule has 0 bridgehead atoms. The van der Waals surface area contributed by atoms with Crippen LogP contribution >= 0.6 is 12.2 Å². The van der Waals surface area contributed by atoms with Gasteiger partial charge in [0.15, 0.2) is 0 Å². The van der Waals surface area contributed by atoms with Gasteiger partial charge in [0, 0.05) is 0 Å². The molecule has 0 atom stereocenters. The van der Waals surface area contributed by atoms with Gasteiger partial charge in [-0.1, -0.05) is 26.1 Å². The molecular weight excluding hydrogens is 255 g/mol. The number of carbonyl (C=O) groups excluding carboxylic acids is 1. The third kappa shape index (κ3) is 5.20. The van der Waals surface area contributed by atoms with E-state index in [1.165, 1.54) is 0 Å². The quantitative estimate of drug-likeness (QED) is 0.667. The normalized spacial score (nSPS) is 12.1. The predicted molar refractivity (Wildman–Crippen MR) is 62.7 cm³/mol. The molecule has 0 aliphatic heterocycles. The number of nitrogens with two attached hydrogens (primary N) is 1. The monoisotopic (exact) mass is 271 g/mol. The Bertz CT molecular complexity index is 290. The molecule has 0 spiro atoms. The first-order chi connectivity index (χ1) is 7.67. The lowest BCUT2D eigenvalue weighted by Gasteiger charge is -2.31. The van der Waals surface area contributed by atoms with E-state index in [0.29, 0.717) is 12.8 Å². The summed E-state index contributed by atoms with van der Waals surface area (Å²) in [4.78, 5) is 11.4. The second kappa shape index (κ2) is 6.04. The van der Waals surface area contributed by atoms with Crippen LogP contribution < -0.4 is 16.4 Å². The summed E-state index contributed by atoms with van der Waals surface area (Å²) in [6, 6.07) is -0.932. The lowest BCUT2D eigenvalue weighted by molar-refractivity contribution is -0.122. The van der Waals surface area contributed by atoms with Gasteiger partial charge in [-0.05, 0) is 12.8 Å². The van der Waals surface area contributed by atoms with Gasteiger partial charge >= 0.3 is 12.2 Å². The maximum atomic E-state index is 11.9. The van der Waals surface area contributed by atoms with Gasteiger partial charge in [-0.2, -0.15) is 13.2 Å². The fourth-order valence-electron chi connectivity index (χ4n) is 1.28. The molecule has 0 unspecified atom stereocenters. The van der Waals surface area contributed by atoms with Gasteiger partial charge in [0.05, 0.1) is 10.5 Å². The molecule has 2 amide bonds. The highest BCUT2D eigenvalue weighted by molar-refractivity contribution is 7.80. The largest absolute Gasteiger partial charge is 0.405 e. The van der Waals surface area contributed by atoms with Crippen molar-refractivity contribution in [2.24, 2.45) is 5.73 Å². The number of hydrogen-bond donors (Lipinski definition) is 3. The Kier molecular flexibility index (Phi) is 5.67. The first-order valence-electron chi connectivity index (χ1n) is 5.09. The van der Waals surface area contributed by atoms with Crippen LogP contribution in [0.15, 0.2) is 0 Å². The third-order valence-corrected chi connectivity index (χ3v) is 2.87. The van der Waals surface area contributed by atoms with E-state index < -0.39 is 24.3 Å². The molecule has 0 rings (SSSR count). The van der Waals surface area contributed by atoms with Crippen LogP contribution in [0.25, 0.3) is 0 Å². The molecule has 4 N–H and O–H groups in total. The second-order valence-electron chi connectivity index (χ2n) is 3.58. The maximum absolute atomic E-state index is 11.9. The lowest BCUT2D eigenvalue weighted by Crippen LogP contribution is -2.59. The van der Waals surface area contributed by atoms with Crippen LogP contribution in [0.3, 0.4) is 0 Å². The molecule has 0 fully saturated rings. The van der Waals surface area contributed by atoms with Gasteiger partial charge < -0.3 is 16.4 Å². The summed E-state index contributed by atoms with van der Waals surface area (Å²) < 4.78 is 35.6. The van der Waals surface area contributed by atoms with Crippen molar-refractivity contribution < 1.29 is 18.0 Å². The van der Waals surface area contributed by atoms with Crippen LogP contribution in [-0.4, -0.2) is 29.3 Å². The zero-order valence-electron chi connectivity index (χ0n) is 9.65. The Balaban J connectivity index is 4.48. The molecule has 0 aromatic heterocycles. The summed E-state index contributed by atoms with van der Waals surface area (Å²) in [5, 5.41) is 4.10. The van der Waals surface area contributed by atoms with E-state index in [2.05, 4.69) is 5.32 Å². The Morgan fingerprint density at radius 2 is 1.76 bits per heavy atom. The van der Waals surface area contributed by atoms with E-state index in [-0.39, 0.29) is 4.99 Å². The topological polar surface area (TPSA) is 67.2 Å². The lowest BCUT2D eigenvalue weighted by atomic mass is 9.93. The van der Waals surface area contributed by atoms with Gasteiger partial charge in [0.1, 0.15) is 6.54 Å². The molecule has 4 nitrogen and oxygen atoms in total.